The molecule has 0 saturated carbocycles. The summed E-state index contributed by atoms with van der Waals surface area (Å²) in [5.74, 6) is -0.671. The number of amides is 1. The highest BCUT2D eigenvalue weighted by Crippen LogP contribution is 2.19. The van der Waals surface area contributed by atoms with Crippen molar-refractivity contribution in [2.45, 2.75) is 25.9 Å². The lowest BCUT2D eigenvalue weighted by Gasteiger charge is -2.14. The van der Waals surface area contributed by atoms with E-state index in [2.05, 4.69) is 5.32 Å². The first kappa shape index (κ1) is 17.6. The number of nitrogens with zero attached hydrogens (tertiary/aromatic N) is 1. The van der Waals surface area contributed by atoms with Crippen LogP contribution in [-0.2, 0) is 11.3 Å². The summed E-state index contributed by atoms with van der Waals surface area (Å²) in [5.41, 5.74) is 1.94. The largest absolute Gasteiger partial charge is 0.419 e. The van der Waals surface area contributed by atoms with Gasteiger partial charge in [0.25, 0.3) is 0 Å². The Bertz CT molecular complexity index is 978. The van der Waals surface area contributed by atoms with Gasteiger partial charge >= 0.3 is 5.76 Å². The van der Waals surface area contributed by atoms with E-state index in [4.69, 9.17) is 27.6 Å². The van der Waals surface area contributed by atoms with Crippen LogP contribution in [0.25, 0.3) is 11.1 Å². The number of carbonyl (C=O) groups is 1. The number of oxazole rings is 1. The van der Waals surface area contributed by atoms with E-state index in [1.807, 2.05) is 25.1 Å². The number of rotatable bonds is 5. The maximum atomic E-state index is 12.2. The molecule has 1 N–H and O–H groups in total. The predicted molar refractivity (Wildman–Crippen MR) is 98.1 cm³/mol. The molecule has 5 nitrogen and oxygen atoms in total. The van der Waals surface area contributed by atoms with Crippen LogP contribution >= 0.6 is 23.2 Å². The number of nitrogens with one attached hydrogen (secondary N) is 1. The third-order valence-corrected chi connectivity index (χ3v) is 4.39. The normalized spacial score (nSPS) is 12.3. The molecule has 0 bridgehead atoms. The van der Waals surface area contributed by atoms with Crippen molar-refractivity contribution in [2.24, 2.45) is 0 Å². The Kier molecular flexibility index (Phi) is 5.16. The fraction of sp³-hybridized carbons (Fsp3) is 0.222. The number of hydrogen-bond acceptors (Lipinski definition) is 3. The molecule has 25 heavy (non-hydrogen) atoms. The second-order valence-corrected chi connectivity index (χ2v) is 6.60. The second kappa shape index (κ2) is 7.33. The van der Waals surface area contributed by atoms with E-state index in [0.29, 0.717) is 21.1 Å². The minimum absolute atomic E-state index is 0.155. The number of carbonyl (C=O) groups excluding carboxylic acids is 1. The van der Waals surface area contributed by atoms with Crippen LogP contribution in [0.4, 0.5) is 0 Å². The monoisotopic (exact) mass is 378 g/mol. The Labute approximate surface area is 154 Å². The molecule has 1 amide bonds. The van der Waals surface area contributed by atoms with Crippen molar-refractivity contribution in [3.63, 3.8) is 0 Å². The van der Waals surface area contributed by atoms with Gasteiger partial charge in [0.1, 0.15) is 0 Å². The third kappa shape index (κ3) is 4.06. The van der Waals surface area contributed by atoms with Crippen molar-refractivity contribution >= 4 is 40.2 Å². The van der Waals surface area contributed by atoms with E-state index in [0.717, 1.165) is 5.56 Å². The van der Waals surface area contributed by atoms with E-state index < -0.39 is 5.76 Å². The number of fused-ring (bicyclic) bond motifs is 1. The van der Waals surface area contributed by atoms with Crippen molar-refractivity contribution in [3.05, 3.63) is 68.6 Å². The topological polar surface area (TPSA) is 64.2 Å². The fourth-order valence-electron chi connectivity index (χ4n) is 2.64. The molecule has 0 aliphatic carbocycles. The van der Waals surface area contributed by atoms with Crippen LogP contribution in [0.3, 0.4) is 0 Å². The number of aryl methyl sites for hydroxylation is 1. The van der Waals surface area contributed by atoms with Crippen molar-refractivity contribution in [1.82, 2.24) is 9.88 Å². The number of benzene rings is 2. The average molecular weight is 379 g/mol. The summed E-state index contributed by atoms with van der Waals surface area (Å²) in [6.45, 7) is 2.10. The first-order valence-corrected chi connectivity index (χ1v) is 8.53. The van der Waals surface area contributed by atoms with Crippen molar-refractivity contribution in [1.29, 1.82) is 0 Å². The molecule has 0 fully saturated rings. The summed E-state index contributed by atoms with van der Waals surface area (Å²) in [7, 11) is 0. The Morgan fingerprint density at radius 3 is 2.72 bits per heavy atom. The van der Waals surface area contributed by atoms with Crippen LogP contribution in [-0.4, -0.2) is 10.5 Å². The van der Waals surface area contributed by atoms with Crippen molar-refractivity contribution in [3.8, 4) is 0 Å². The van der Waals surface area contributed by atoms with Gasteiger partial charge < -0.3 is 9.73 Å². The highest BCUT2D eigenvalue weighted by atomic mass is 35.5. The molecule has 7 heteroatoms. The highest BCUT2D eigenvalue weighted by molar-refractivity contribution is 6.31. The predicted octanol–water partition coefficient (Wildman–Crippen LogP) is 4.17. The summed E-state index contributed by atoms with van der Waals surface area (Å²) < 4.78 is 6.58. The van der Waals surface area contributed by atoms with Gasteiger partial charge in [0.15, 0.2) is 5.58 Å². The maximum absolute atomic E-state index is 12.2. The van der Waals surface area contributed by atoms with Crippen molar-refractivity contribution < 1.29 is 9.21 Å². The molecule has 1 atom stereocenters. The molecule has 0 radical (unpaired) electrons. The van der Waals surface area contributed by atoms with Gasteiger partial charge in [-0.15, -0.1) is 0 Å². The molecule has 0 spiro atoms. The Hall–Kier alpha value is -2.24. The summed E-state index contributed by atoms with van der Waals surface area (Å²) >= 11 is 11.9. The number of aromatic nitrogens is 1. The highest BCUT2D eigenvalue weighted by Gasteiger charge is 2.13. The van der Waals surface area contributed by atoms with E-state index in [1.165, 1.54) is 4.57 Å². The van der Waals surface area contributed by atoms with Gasteiger partial charge in [-0.05, 0) is 36.8 Å². The smallest absolute Gasteiger partial charge is 0.408 e. The Balaban J connectivity index is 1.66. The molecule has 0 aliphatic rings. The average Bonchev–Trinajstić information content (AvgIpc) is 2.87. The van der Waals surface area contributed by atoms with Crippen molar-refractivity contribution in [2.75, 3.05) is 0 Å². The first-order chi connectivity index (χ1) is 11.9. The number of hydrogen-bond donors (Lipinski definition) is 1. The molecule has 3 rings (SSSR count). The molecule has 0 saturated heterocycles. The summed E-state index contributed by atoms with van der Waals surface area (Å²) in [6, 6.07) is 12.1. The SMILES string of the molecule is C[C@H](NC(=O)CCn1c(=O)oc2cc(Cl)ccc21)c1cccc(Cl)c1. The van der Waals surface area contributed by atoms with E-state index >= 15 is 0 Å². The van der Waals surface area contributed by atoms with Gasteiger partial charge in [-0.1, -0.05) is 35.3 Å². The lowest BCUT2D eigenvalue weighted by Crippen LogP contribution is -2.28. The maximum Gasteiger partial charge on any atom is 0.419 e. The first-order valence-electron chi connectivity index (χ1n) is 7.78. The second-order valence-electron chi connectivity index (χ2n) is 5.73. The zero-order chi connectivity index (χ0) is 18.0. The molecular weight excluding hydrogens is 363 g/mol. The number of halogens is 2. The molecule has 0 aliphatic heterocycles. The Morgan fingerprint density at radius 1 is 1.20 bits per heavy atom. The molecule has 0 unspecified atom stereocenters. The van der Waals surface area contributed by atoms with Crippen LogP contribution in [0.1, 0.15) is 24.9 Å². The van der Waals surface area contributed by atoms with E-state index in [9.17, 15) is 9.59 Å². The van der Waals surface area contributed by atoms with Gasteiger partial charge in [-0.25, -0.2) is 4.79 Å². The van der Waals surface area contributed by atoms with Gasteiger partial charge in [0, 0.05) is 29.1 Å². The van der Waals surface area contributed by atoms with Crippen LogP contribution in [0.2, 0.25) is 10.0 Å². The molecular formula is C18H16Cl2N2O3. The minimum Gasteiger partial charge on any atom is -0.408 e. The minimum atomic E-state index is -0.507. The molecule has 1 heterocycles. The van der Waals surface area contributed by atoms with E-state index in [1.54, 1.807) is 24.3 Å². The fourth-order valence-corrected chi connectivity index (χ4v) is 3.00. The lowest BCUT2D eigenvalue weighted by atomic mass is 10.1. The summed E-state index contributed by atoms with van der Waals surface area (Å²) in [5, 5.41) is 4.00. The molecule has 1 aromatic heterocycles. The summed E-state index contributed by atoms with van der Waals surface area (Å²) in [4.78, 5) is 24.1. The third-order valence-electron chi connectivity index (χ3n) is 3.92. The Morgan fingerprint density at radius 2 is 1.96 bits per heavy atom. The quantitative estimate of drug-likeness (QED) is 0.724. The van der Waals surface area contributed by atoms with Gasteiger partial charge in [-0.2, -0.15) is 0 Å². The van der Waals surface area contributed by atoms with Crippen LogP contribution < -0.4 is 11.1 Å². The molecule has 130 valence electrons. The molecule has 2 aromatic carbocycles. The zero-order valence-electron chi connectivity index (χ0n) is 13.5. The van der Waals surface area contributed by atoms with Gasteiger partial charge in [0.2, 0.25) is 5.91 Å². The van der Waals surface area contributed by atoms with Gasteiger partial charge in [-0.3, -0.25) is 9.36 Å². The van der Waals surface area contributed by atoms with Crippen LogP contribution in [0.15, 0.2) is 51.7 Å². The van der Waals surface area contributed by atoms with Gasteiger partial charge in [0.05, 0.1) is 11.6 Å². The summed E-state index contributed by atoms with van der Waals surface area (Å²) in [6.07, 6.45) is 0.155. The standard InChI is InChI=1S/C18H16Cl2N2O3/c1-11(12-3-2-4-13(19)9-12)21-17(23)7-8-22-15-6-5-14(20)10-16(15)25-18(22)24/h2-6,9-11H,7-8H2,1H3,(H,21,23)/t11-/m0/s1. The molecule has 3 aromatic rings. The zero-order valence-corrected chi connectivity index (χ0v) is 15.0. The van der Waals surface area contributed by atoms with Crippen LogP contribution in [0.5, 0.6) is 0 Å². The lowest BCUT2D eigenvalue weighted by molar-refractivity contribution is -0.121. The van der Waals surface area contributed by atoms with E-state index in [-0.39, 0.29) is 24.9 Å². The van der Waals surface area contributed by atoms with Crippen LogP contribution in [0, 0.1) is 0 Å².